The van der Waals surface area contributed by atoms with Crippen LogP contribution in [0.1, 0.15) is 15.9 Å². The van der Waals surface area contributed by atoms with Gasteiger partial charge in [0, 0.05) is 5.56 Å². The van der Waals surface area contributed by atoms with Gasteiger partial charge >= 0.3 is 5.97 Å². The minimum absolute atomic E-state index is 0.0462. The number of carbonyl (C=O) groups excluding carboxylic acids is 1. The molecule has 7 nitrogen and oxygen atoms in total. The van der Waals surface area contributed by atoms with Gasteiger partial charge in [-0.3, -0.25) is 4.79 Å². The van der Waals surface area contributed by atoms with Crippen LogP contribution in [0.4, 0.5) is 0 Å². The molecule has 0 aromatic heterocycles. The van der Waals surface area contributed by atoms with Gasteiger partial charge in [-0.15, -0.1) is 0 Å². The third kappa shape index (κ3) is 3.59. The number of ketones is 1. The smallest absolute Gasteiger partial charge is 0.335 e. The number of aliphatic carboxylic acids is 1. The number of rotatable bonds is 7. The van der Waals surface area contributed by atoms with E-state index < -0.39 is 35.7 Å². The fourth-order valence-electron chi connectivity index (χ4n) is 2.50. The number of hydrogen-bond donors (Lipinski definition) is 5. The van der Waals surface area contributed by atoms with E-state index in [9.17, 15) is 30.0 Å². The first-order valence-corrected chi connectivity index (χ1v) is 7.45. The largest absolute Gasteiger partial charge is 0.479 e. The third-order valence-corrected chi connectivity index (χ3v) is 3.92. The second-order valence-electron chi connectivity index (χ2n) is 5.55. The molecule has 2 rings (SSSR count). The number of benzene rings is 2. The highest BCUT2D eigenvalue weighted by Crippen LogP contribution is 2.32. The summed E-state index contributed by atoms with van der Waals surface area (Å²) in [6, 6.07) is 14.9. The van der Waals surface area contributed by atoms with Crippen LogP contribution in [0.2, 0.25) is 0 Å². The summed E-state index contributed by atoms with van der Waals surface area (Å²) in [5.41, 5.74) is -2.66. The Morgan fingerprint density at radius 3 is 1.80 bits per heavy atom. The van der Waals surface area contributed by atoms with Crippen molar-refractivity contribution in [3.8, 4) is 0 Å². The van der Waals surface area contributed by atoms with Crippen molar-refractivity contribution >= 4 is 11.8 Å². The lowest BCUT2D eigenvalue weighted by atomic mass is 9.78. The molecule has 5 N–H and O–H groups in total. The number of carboxylic acids is 1. The molecular weight excluding hydrogens is 328 g/mol. The van der Waals surface area contributed by atoms with Gasteiger partial charge in [0.05, 0.1) is 0 Å². The van der Waals surface area contributed by atoms with Crippen LogP contribution in [0.5, 0.6) is 0 Å². The van der Waals surface area contributed by atoms with Gasteiger partial charge in [0.1, 0.15) is 12.2 Å². The Bertz CT molecular complexity index is 732. The number of aliphatic hydroxyl groups excluding tert-OH is 3. The zero-order valence-corrected chi connectivity index (χ0v) is 13.1. The van der Waals surface area contributed by atoms with E-state index in [-0.39, 0.29) is 11.1 Å². The second kappa shape index (κ2) is 7.54. The Labute approximate surface area is 143 Å². The lowest BCUT2D eigenvalue weighted by Gasteiger charge is -2.35. The average Bonchev–Trinajstić information content (AvgIpc) is 2.66. The maximum Gasteiger partial charge on any atom is 0.335 e. The van der Waals surface area contributed by atoms with Crippen LogP contribution in [-0.2, 0) is 10.4 Å². The van der Waals surface area contributed by atoms with E-state index in [4.69, 9.17) is 5.11 Å². The molecular formula is C18H18O7. The maximum absolute atomic E-state index is 12.9. The van der Waals surface area contributed by atoms with Crippen molar-refractivity contribution < 1.29 is 35.1 Å². The minimum Gasteiger partial charge on any atom is -0.479 e. The summed E-state index contributed by atoms with van der Waals surface area (Å²) in [4.78, 5) is 23.7. The molecule has 0 radical (unpaired) electrons. The van der Waals surface area contributed by atoms with Crippen LogP contribution in [0.25, 0.3) is 0 Å². The first-order chi connectivity index (χ1) is 11.8. The summed E-state index contributed by atoms with van der Waals surface area (Å²) in [7, 11) is 0. The predicted octanol–water partition coefficient (Wildman–Crippen LogP) is -0.0756. The molecule has 4 atom stereocenters. The standard InChI is InChI=1S/C18H18O7/c19-13(14(20)17(23)24)16(22)18(25,12-9-5-2-6-10-12)15(21)11-7-3-1-4-8-11/h1-10,13-14,16,19-20,22,25H,(H,23,24)/t13-,14+,16+,18+/m1/s1. The molecule has 25 heavy (non-hydrogen) atoms. The quantitative estimate of drug-likeness (QED) is 0.443. The monoisotopic (exact) mass is 346 g/mol. The molecule has 0 spiro atoms. The molecule has 7 heteroatoms. The molecule has 0 saturated carbocycles. The fraction of sp³-hybridized carbons (Fsp3) is 0.222. The lowest BCUT2D eigenvalue weighted by Crippen LogP contribution is -2.56. The van der Waals surface area contributed by atoms with E-state index in [0.29, 0.717) is 0 Å². The van der Waals surface area contributed by atoms with Crippen LogP contribution in [-0.4, -0.2) is 55.6 Å². The summed E-state index contributed by atoms with van der Waals surface area (Å²) in [5, 5.41) is 49.7. The molecule has 0 bridgehead atoms. The number of carboxylic acid groups (broad SMARTS) is 1. The van der Waals surface area contributed by atoms with Gasteiger partial charge < -0.3 is 25.5 Å². The van der Waals surface area contributed by atoms with Gasteiger partial charge in [0.15, 0.2) is 11.7 Å². The van der Waals surface area contributed by atoms with Crippen molar-refractivity contribution in [1.82, 2.24) is 0 Å². The van der Waals surface area contributed by atoms with Crippen LogP contribution < -0.4 is 0 Å². The van der Waals surface area contributed by atoms with Gasteiger partial charge in [0.25, 0.3) is 0 Å². The summed E-state index contributed by atoms with van der Waals surface area (Å²) in [6.45, 7) is 0. The van der Waals surface area contributed by atoms with E-state index in [1.807, 2.05) is 0 Å². The van der Waals surface area contributed by atoms with Gasteiger partial charge in [0.2, 0.25) is 5.78 Å². The van der Waals surface area contributed by atoms with Crippen LogP contribution in [0.15, 0.2) is 60.7 Å². The zero-order valence-electron chi connectivity index (χ0n) is 13.1. The highest BCUT2D eigenvalue weighted by Gasteiger charge is 2.50. The first-order valence-electron chi connectivity index (χ1n) is 7.45. The molecule has 132 valence electrons. The van der Waals surface area contributed by atoms with Crippen molar-refractivity contribution in [3.05, 3.63) is 71.8 Å². The molecule has 0 fully saturated rings. The normalized spacial score (nSPS) is 17.1. The highest BCUT2D eigenvalue weighted by molar-refractivity contribution is 6.03. The molecule has 0 aliphatic rings. The number of Topliss-reactive ketones (excluding diaryl/α,β-unsaturated/α-hetero) is 1. The first kappa shape index (κ1) is 18.8. The summed E-state index contributed by atoms with van der Waals surface area (Å²) < 4.78 is 0. The molecule has 2 aromatic carbocycles. The van der Waals surface area contributed by atoms with Crippen molar-refractivity contribution in [2.24, 2.45) is 0 Å². The van der Waals surface area contributed by atoms with E-state index in [0.717, 1.165) is 0 Å². The highest BCUT2D eigenvalue weighted by atomic mass is 16.4. The molecule has 0 heterocycles. The molecule has 0 saturated heterocycles. The molecule has 0 unspecified atom stereocenters. The van der Waals surface area contributed by atoms with E-state index in [1.165, 1.54) is 36.4 Å². The van der Waals surface area contributed by atoms with Gasteiger partial charge in [-0.25, -0.2) is 4.79 Å². The molecule has 2 aromatic rings. The van der Waals surface area contributed by atoms with E-state index in [2.05, 4.69) is 0 Å². The Balaban J connectivity index is 2.53. The fourth-order valence-corrected chi connectivity index (χ4v) is 2.50. The molecule has 0 aliphatic heterocycles. The Hall–Kier alpha value is -2.58. The second-order valence-corrected chi connectivity index (χ2v) is 5.55. The lowest BCUT2D eigenvalue weighted by molar-refractivity contribution is -0.169. The van der Waals surface area contributed by atoms with Crippen molar-refractivity contribution in [2.75, 3.05) is 0 Å². The van der Waals surface area contributed by atoms with Gasteiger partial charge in [-0.1, -0.05) is 60.7 Å². The average molecular weight is 346 g/mol. The Morgan fingerprint density at radius 1 is 0.840 bits per heavy atom. The summed E-state index contributed by atoms with van der Waals surface area (Å²) in [5.74, 6) is -2.74. The Kier molecular flexibility index (Phi) is 5.66. The predicted molar refractivity (Wildman–Crippen MR) is 86.8 cm³/mol. The number of aliphatic hydroxyl groups is 4. The number of carbonyl (C=O) groups is 2. The van der Waals surface area contributed by atoms with E-state index >= 15 is 0 Å². The van der Waals surface area contributed by atoms with Crippen LogP contribution in [0.3, 0.4) is 0 Å². The zero-order chi connectivity index (χ0) is 18.6. The SMILES string of the molecule is O=C(O)[C@@H](O)[C@@H](O)[C@H](O)[C@@](O)(C(=O)c1ccccc1)c1ccccc1. The van der Waals surface area contributed by atoms with Crippen LogP contribution in [0, 0.1) is 0 Å². The van der Waals surface area contributed by atoms with Gasteiger partial charge in [-0.05, 0) is 5.56 Å². The number of hydrogen-bond acceptors (Lipinski definition) is 6. The molecule has 0 aliphatic carbocycles. The molecule has 0 amide bonds. The van der Waals surface area contributed by atoms with Crippen LogP contribution >= 0.6 is 0 Å². The van der Waals surface area contributed by atoms with Crippen molar-refractivity contribution in [3.63, 3.8) is 0 Å². The van der Waals surface area contributed by atoms with Crippen molar-refractivity contribution in [1.29, 1.82) is 0 Å². The van der Waals surface area contributed by atoms with Crippen molar-refractivity contribution in [2.45, 2.75) is 23.9 Å². The summed E-state index contributed by atoms with van der Waals surface area (Å²) >= 11 is 0. The summed E-state index contributed by atoms with van der Waals surface area (Å²) in [6.07, 6.45) is -6.96. The third-order valence-electron chi connectivity index (χ3n) is 3.92. The Morgan fingerprint density at radius 2 is 1.32 bits per heavy atom. The topological polar surface area (TPSA) is 135 Å². The van der Waals surface area contributed by atoms with E-state index in [1.54, 1.807) is 24.3 Å². The van der Waals surface area contributed by atoms with Gasteiger partial charge in [-0.2, -0.15) is 0 Å². The maximum atomic E-state index is 12.9. The minimum atomic E-state index is -2.65.